The zero-order valence-electron chi connectivity index (χ0n) is 7.81. The zero-order valence-corrected chi connectivity index (χ0v) is 7.81. The highest BCUT2D eigenvalue weighted by Gasteiger charge is 2.08. The van der Waals surface area contributed by atoms with Crippen LogP contribution in [0.5, 0.6) is 0 Å². The zero-order chi connectivity index (χ0) is 9.56. The predicted molar refractivity (Wildman–Crippen MR) is 46.3 cm³/mol. The van der Waals surface area contributed by atoms with Crippen molar-refractivity contribution in [2.45, 2.75) is 39.8 Å². The molecule has 2 N–H and O–H groups in total. The molecule has 12 heavy (non-hydrogen) atoms. The van der Waals surface area contributed by atoms with Gasteiger partial charge in [0.1, 0.15) is 6.17 Å². The molecule has 0 spiro atoms. The summed E-state index contributed by atoms with van der Waals surface area (Å²) in [5.41, 5.74) is 0. The Bertz CT molecular complexity index is 152. The van der Waals surface area contributed by atoms with E-state index in [9.17, 15) is 9.59 Å². The normalized spacial score (nSPS) is 9.67. The molecule has 0 saturated heterocycles. The molecule has 2 amide bonds. The second-order valence-corrected chi connectivity index (χ2v) is 2.74. The smallest absolute Gasteiger partial charge is 0.218 e. The van der Waals surface area contributed by atoms with Crippen LogP contribution in [0.25, 0.3) is 0 Å². The Morgan fingerprint density at radius 1 is 1.17 bits per heavy atom. The van der Waals surface area contributed by atoms with Crippen LogP contribution in [0.15, 0.2) is 0 Å². The van der Waals surface area contributed by atoms with Crippen molar-refractivity contribution in [2.75, 3.05) is 0 Å². The molecule has 0 unspecified atom stereocenters. The van der Waals surface area contributed by atoms with Crippen LogP contribution in [0.2, 0.25) is 0 Å². The van der Waals surface area contributed by atoms with E-state index in [2.05, 4.69) is 10.6 Å². The maximum Gasteiger partial charge on any atom is 0.218 e. The molecule has 0 aliphatic heterocycles. The minimum Gasteiger partial charge on any atom is -0.336 e. The lowest BCUT2D eigenvalue weighted by Crippen LogP contribution is -2.46. The maximum atomic E-state index is 10.6. The van der Waals surface area contributed by atoms with Crippen LogP contribution in [0.1, 0.15) is 33.6 Å². The van der Waals surface area contributed by atoms with Gasteiger partial charge in [-0.3, -0.25) is 9.59 Å². The number of carbonyl (C=O) groups is 2. The third kappa shape index (κ3) is 5.70. The molecule has 0 aromatic heterocycles. The predicted octanol–water partition coefficient (Wildman–Crippen LogP) is 0.385. The van der Waals surface area contributed by atoms with Crippen LogP contribution in [0.4, 0.5) is 0 Å². The Hall–Kier alpha value is -1.06. The Morgan fingerprint density at radius 3 is 1.83 bits per heavy atom. The van der Waals surface area contributed by atoms with Gasteiger partial charge in [-0.25, -0.2) is 0 Å². The van der Waals surface area contributed by atoms with Gasteiger partial charge in [0.2, 0.25) is 11.8 Å². The number of hydrogen-bond donors (Lipinski definition) is 2. The summed E-state index contributed by atoms with van der Waals surface area (Å²) >= 11 is 0. The Morgan fingerprint density at radius 2 is 1.58 bits per heavy atom. The van der Waals surface area contributed by atoms with E-state index in [0.717, 1.165) is 12.8 Å². The fourth-order valence-corrected chi connectivity index (χ4v) is 0.960. The van der Waals surface area contributed by atoms with E-state index in [4.69, 9.17) is 0 Å². The van der Waals surface area contributed by atoms with Gasteiger partial charge in [-0.2, -0.15) is 0 Å². The molecule has 0 bridgehead atoms. The van der Waals surface area contributed by atoms with Crippen molar-refractivity contribution in [3.05, 3.63) is 0 Å². The average Bonchev–Trinajstić information content (AvgIpc) is 1.84. The van der Waals surface area contributed by atoms with E-state index in [1.807, 2.05) is 6.92 Å². The first-order valence-electron chi connectivity index (χ1n) is 4.10. The summed E-state index contributed by atoms with van der Waals surface area (Å²) < 4.78 is 0. The number of nitrogens with one attached hydrogen (secondary N) is 2. The third-order valence-electron chi connectivity index (χ3n) is 1.33. The number of hydrogen-bond acceptors (Lipinski definition) is 2. The summed E-state index contributed by atoms with van der Waals surface area (Å²) in [5.74, 6) is -0.246. The van der Waals surface area contributed by atoms with E-state index in [0.29, 0.717) is 0 Å². The second kappa shape index (κ2) is 5.57. The van der Waals surface area contributed by atoms with Crippen molar-refractivity contribution in [2.24, 2.45) is 0 Å². The van der Waals surface area contributed by atoms with Gasteiger partial charge in [0.25, 0.3) is 0 Å². The fourth-order valence-electron chi connectivity index (χ4n) is 0.960. The van der Waals surface area contributed by atoms with Crippen LogP contribution >= 0.6 is 0 Å². The van der Waals surface area contributed by atoms with Gasteiger partial charge in [-0.05, 0) is 6.42 Å². The highest BCUT2D eigenvalue weighted by atomic mass is 16.2. The highest BCUT2D eigenvalue weighted by molar-refractivity contribution is 5.76. The summed E-state index contributed by atoms with van der Waals surface area (Å²) in [4.78, 5) is 21.3. The molecule has 70 valence electrons. The summed E-state index contributed by atoms with van der Waals surface area (Å²) in [6.45, 7) is 4.87. The van der Waals surface area contributed by atoms with Gasteiger partial charge in [-0.15, -0.1) is 0 Å². The monoisotopic (exact) mass is 172 g/mol. The van der Waals surface area contributed by atoms with Gasteiger partial charge in [0.05, 0.1) is 0 Å². The van der Waals surface area contributed by atoms with Crippen LogP contribution < -0.4 is 10.6 Å². The largest absolute Gasteiger partial charge is 0.336 e. The summed E-state index contributed by atoms with van der Waals surface area (Å²) in [6, 6.07) is 0. The lowest BCUT2D eigenvalue weighted by molar-refractivity contribution is -0.122. The van der Waals surface area contributed by atoms with E-state index in [1.165, 1.54) is 13.8 Å². The highest BCUT2D eigenvalue weighted by Crippen LogP contribution is 1.92. The first-order chi connectivity index (χ1) is 5.56. The standard InChI is InChI=1S/C8H16N2O2/c1-4-5-8(9-6(2)11)10-7(3)12/h8H,4-5H2,1-3H3,(H,9,11)(H,10,12). The van der Waals surface area contributed by atoms with Crippen molar-refractivity contribution in [3.8, 4) is 0 Å². The second-order valence-electron chi connectivity index (χ2n) is 2.74. The quantitative estimate of drug-likeness (QED) is 0.602. The molecular weight excluding hydrogens is 156 g/mol. The van der Waals surface area contributed by atoms with Gasteiger partial charge < -0.3 is 10.6 Å². The Kier molecular flexibility index (Phi) is 5.08. The molecule has 0 aromatic rings. The van der Waals surface area contributed by atoms with Crippen LogP contribution in [0, 0.1) is 0 Å². The van der Waals surface area contributed by atoms with E-state index >= 15 is 0 Å². The molecule has 0 heterocycles. The van der Waals surface area contributed by atoms with Crippen LogP contribution in [0.3, 0.4) is 0 Å². The molecule has 0 saturated carbocycles. The van der Waals surface area contributed by atoms with E-state index in [-0.39, 0.29) is 18.0 Å². The average molecular weight is 172 g/mol. The first kappa shape index (κ1) is 10.9. The lowest BCUT2D eigenvalue weighted by Gasteiger charge is -2.17. The Balaban J connectivity index is 3.85. The molecule has 0 aromatic carbocycles. The minimum absolute atomic E-state index is 0.123. The summed E-state index contributed by atoms with van der Waals surface area (Å²) in [6.07, 6.45) is 1.47. The van der Waals surface area contributed by atoms with Crippen molar-refractivity contribution in [1.82, 2.24) is 10.6 Å². The molecule has 0 rings (SSSR count). The molecule has 0 aliphatic rings. The van der Waals surface area contributed by atoms with Crippen LogP contribution in [-0.2, 0) is 9.59 Å². The van der Waals surface area contributed by atoms with Crippen molar-refractivity contribution in [1.29, 1.82) is 0 Å². The molecule has 0 aliphatic carbocycles. The number of carbonyl (C=O) groups excluding carboxylic acids is 2. The van der Waals surface area contributed by atoms with Crippen LogP contribution in [-0.4, -0.2) is 18.0 Å². The summed E-state index contributed by atoms with van der Waals surface area (Å²) in [5, 5.41) is 5.28. The van der Waals surface area contributed by atoms with Gasteiger partial charge in [-0.1, -0.05) is 13.3 Å². The van der Waals surface area contributed by atoms with Gasteiger partial charge in [0.15, 0.2) is 0 Å². The number of rotatable bonds is 4. The fraction of sp³-hybridized carbons (Fsp3) is 0.750. The molecule has 4 heteroatoms. The minimum atomic E-state index is -0.218. The Labute approximate surface area is 72.7 Å². The molecular formula is C8H16N2O2. The topological polar surface area (TPSA) is 58.2 Å². The maximum absolute atomic E-state index is 10.6. The van der Waals surface area contributed by atoms with E-state index in [1.54, 1.807) is 0 Å². The van der Waals surface area contributed by atoms with E-state index < -0.39 is 0 Å². The van der Waals surface area contributed by atoms with Crippen molar-refractivity contribution < 1.29 is 9.59 Å². The molecule has 0 radical (unpaired) electrons. The SMILES string of the molecule is CCCC(NC(C)=O)NC(C)=O. The molecule has 4 nitrogen and oxygen atoms in total. The van der Waals surface area contributed by atoms with Gasteiger partial charge in [0, 0.05) is 13.8 Å². The van der Waals surface area contributed by atoms with Crippen molar-refractivity contribution >= 4 is 11.8 Å². The summed E-state index contributed by atoms with van der Waals surface area (Å²) in [7, 11) is 0. The lowest BCUT2D eigenvalue weighted by atomic mass is 10.2. The number of amides is 2. The third-order valence-corrected chi connectivity index (χ3v) is 1.33. The van der Waals surface area contributed by atoms with Gasteiger partial charge >= 0.3 is 0 Å². The molecule has 0 fully saturated rings. The first-order valence-corrected chi connectivity index (χ1v) is 4.10. The molecule has 0 atom stereocenters. The van der Waals surface area contributed by atoms with Crippen molar-refractivity contribution in [3.63, 3.8) is 0 Å².